The molecule has 0 aliphatic carbocycles. The Kier molecular flexibility index (Phi) is 8.22. The van der Waals surface area contributed by atoms with Crippen LogP contribution in [-0.4, -0.2) is 97.8 Å². The molecule has 0 saturated carbocycles. The summed E-state index contributed by atoms with van der Waals surface area (Å²) in [5.74, 6) is 1.56. The van der Waals surface area contributed by atoms with Crippen LogP contribution in [0, 0.1) is 0 Å². The first-order valence-corrected chi connectivity index (χ1v) is 15.3. The van der Waals surface area contributed by atoms with E-state index in [1.807, 2.05) is 18.7 Å². The van der Waals surface area contributed by atoms with E-state index in [9.17, 15) is 14.7 Å². The zero-order valence-electron chi connectivity index (χ0n) is 26.2. The number of hydrogen-bond donors (Lipinski definition) is 1. The molecule has 2 aromatic rings. The fraction of sp³-hybridized carbons (Fsp3) is 0.441. The van der Waals surface area contributed by atoms with Crippen LogP contribution >= 0.6 is 0 Å². The first-order valence-electron chi connectivity index (χ1n) is 15.3. The van der Waals surface area contributed by atoms with Crippen LogP contribution in [0.3, 0.4) is 0 Å². The Morgan fingerprint density at radius 1 is 0.867 bits per heavy atom. The number of methoxy groups -OCH3 is 2. The molecule has 1 N–H and O–H groups in total. The number of benzene rings is 2. The van der Waals surface area contributed by atoms with Crippen molar-refractivity contribution in [1.82, 2.24) is 9.80 Å². The fourth-order valence-corrected chi connectivity index (χ4v) is 6.62. The summed E-state index contributed by atoms with van der Waals surface area (Å²) in [6.07, 6.45) is 2.69. The number of carbonyl (C=O) groups excluding carboxylic acids is 2. The van der Waals surface area contributed by atoms with Gasteiger partial charge in [0, 0.05) is 43.9 Å². The van der Waals surface area contributed by atoms with E-state index in [2.05, 4.69) is 18.2 Å². The van der Waals surface area contributed by atoms with Crippen LogP contribution in [-0.2, 0) is 0 Å². The van der Waals surface area contributed by atoms with E-state index < -0.39 is 6.23 Å². The van der Waals surface area contributed by atoms with Crippen molar-refractivity contribution in [3.05, 3.63) is 59.7 Å². The van der Waals surface area contributed by atoms with Gasteiger partial charge in [0.1, 0.15) is 6.23 Å². The Morgan fingerprint density at radius 3 is 2.13 bits per heavy atom. The first-order chi connectivity index (χ1) is 21.6. The lowest BCUT2D eigenvalue weighted by atomic mass is 10.1. The van der Waals surface area contributed by atoms with Crippen molar-refractivity contribution in [1.29, 1.82) is 0 Å². The van der Waals surface area contributed by atoms with Crippen molar-refractivity contribution in [3.8, 4) is 23.0 Å². The highest BCUT2D eigenvalue weighted by molar-refractivity contribution is 6.04. The average molecular weight is 617 g/mol. The van der Waals surface area contributed by atoms with Crippen LogP contribution in [0.15, 0.2) is 53.6 Å². The molecule has 2 amide bonds. The minimum atomic E-state index is -0.893. The standard InChI is InChI=1S/C34H40N4O7/c1-19(2)38-26-15-31(29(43-6)13-24(26)33(40)37-18-21(4)11-27(37)34(38)41)45-9-7-8-44-30-14-25-23(12-28(30)42-5)32(39)36-17-20(3)10-22(36)16-35-25/h12-16,19,22,27,34,41H,3-4,7-11,17-18H2,1-2,5-6H3. The molecule has 11 heteroatoms. The van der Waals surface area contributed by atoms with Gasteiger partial charge in [0.2, 0.25) is 0 Å². The van der Waals surface area contributed by atoms with E-state index in [4.69, 9.17) is 18.9 Å². The SMILES string of the molecule is C=C1CC2C=Nc3cc(OCCCOc4cc5c(cc4OC)C(=O)N4CC(=C)CC4C(O)N5C(C)C)c(OC)cc3C(=O)N2C1. The molecular weight excluding hydrogens is 576 g/mol. The third-order valence-electron chi connectivity index (χ3n) is 8.78. The number of ether oxygens (including phenoxy) is 4. The van der Waals surface area contributed by atoms with Crippen molar-refractivity contribution in [2.45, 2.75) is 57.5 Å². The number of rotatable bonds is 9. The summed E-state index contributed by atoms with van der Waals surface area (Å²) in [7, 11) is 3.07. The molecule has 3 atom stereocenters. The van der Waals surface area contributed by atoms with Gasteiger partial charge >= 0.3 is 0 Å². The van der Waals surface area contributed by atoms with E-state index in [0.29, 0.717) is 91.1 Å². The highest BCUT2D eigenvalue weighted by Gasteiger charge is 2.44. The number of hydrogen-bond acceptors (Lipinski definition) is 9. The minimum Gasteiger partial charge on any atom is -0.493 e. The molecule has 4 aliphatic rings. The molecule has 3 unspecified atom stereocenters. The quantitative estimate of drug-likeness (QED) is 0.327. The maximum Gasteiger partial charge on any atom is 0.257 e. The van der Waals surface area contributed by atoms with Crippen molar-refractivity contribution >= 4 is 29.4 Å². The number of aliphatic hydroxyl groups excluding tert-OH is 1. The Morgan fingerprint density at radius 2 is 1.47 bits per heavy atom. The number of amides is 2. The van der Waals surface area contributed by atoms with Crippen LogP contribution < -0.4 is 23.8 Å². The smallest absolute Gasteiger partial charge is 0.257 e. The Hall–Kier alpha value is -4.51. The molecule has 0 spiro atoms. The number of nitrogens with zero attached hydrogens (tertiary/aromatic N) is 4. The zero-order valence-corrected chi connectivity index (χ0v) is 26.2. The third kappa shape index (κ3) is 5.50. The lowest BCUT2D eigenvalue weighted by molar-refractivity contribution is 0.0497. The second-order valence-electron chi connectivity index (χ2n) is 12.2. The number of fused-ring (bicyclic) bond motifs is 4. The van der Waals surface area contributed by atoms with Gasteiger partial charge < -0.3 is 38.8 Å². The number of aliphatic imine (C=N–C) groups is 1. The second-order valence-corrected chi connectivity index (χ2v) is 12.2. The van der Waals surface area contributed by atoms with Crippen molar-refractivity contribution in [2.24, 2.45) is 4.99 Å². The minimum absolute atomic E-state index is 0.0817. The zero-order chi connectivity index (χ0) is 32.0. The summed E-state index contributed by atoms with van der Waals surface area (Å²) in [6, 6.07) is 6.33. The molecule has 4 heterocycles. The molecule has 0 aromatic heterocycles. The number of anilines is 1. The largest absolute Gasteiger partial charge is 0.493 e. The predicted octanol–water partition coefficient (Wildman–Crippen LogP) is 4.36. The molecular formula is C34H40N4O7. The first kappa shape index (κ1) is 30.5. The summed E-state index contributed by atoms with van der Waals surface area (Å²) in [5.41, 5.74) is 3.99. The summed E-state index contributed by atoms with van der Waals surface area (Å²) in [6.45, 7) is 13.6. The lowest BCUT2D eigenvalue weighted by Crippen LogP contribution is -2.50. The Labute approximate surface area is 263 Å². The van der Waals surface area contributed by atoms with Gasteiger partial charge in [-0.05, 0) is 38.8 Å². The normalized spacial score (nSPS) is 22.2. The fourth-order valence-electron chi connectivity index (χ4n) is 6.62. The van der Waals surface area contributed by atoms with Gasteiger partial charge in [0.15, 0.2) is 23.0 Å². The van der Waals surface area contributed by atoms with Gasteiger partial charge in [-0.25, -0.2) is 0 Å². The van der Waals surface area contributed by atoms with Gasteiger partial charge in [0.05, 0.1) is 62.0 Å². The monoisotopic (exact) mass is 616 g/mol. The highest BCUT2D eigenvalue weighted by Crippen LogP contribution is 2.43. The molecule has 4 aliphatic heterocycles. The topological polar surface area (TPSA) is 113 Å². The molecule has 238 valence electrons. The molecule has 2 saturated heterocycles. The van der Waals surface area contributed by atoms with Crippen LogP contribution in [0.1, 0.15) is 53.8 Å². The van der Waals surface area contributed by atoms with E-state index in [-0.39, 0.29) is 29.9 Å². The number of carbonyl (C=O) groups is 2. The van der Waals surface area contributed by atoms with E-state index in [1.165, 1.54) is 14.2 Å². The molecule has 2 fully saturated rings. The summed E-state index contributed by atoms with van der Waals surface area (Å²) in [4.78, 5) is 36.8. The molecule has 2 aromatic carbocycles. The van der Waals surface area contributed by atoms with Crippen LogP contribution in [0.5, 0.6) is 23.0 Å². The second kappa shape index (κ2) is 12.1. The van der Waals surface area contributed by atoms with Crippen molar-refractivity contribution < 1.29 is 33.6 Å². The maximum atomic E-state index is 13.6. The summed E-state index contributed by atoms with van der Waals surface area (Å²) < 4.78 is 23.4. The molecule has 11 nitrogen and oxygen atoms in total. The van der Waals surface area contributed by atoms with Crippen molar-refractivity contribution in [3.63, 3.8) is 0 Å². The summed E-state index contributed by atoms with van der Waals surface area (Å²) in [5, 5.41) is 11.4. The van der Waals surface area contributed by atoms with Gasteiger partial charge in [-0.15, -0.1) is 0 Å². The molecule has 6 rings (SSSR count). The van der Waals surface area contributed by atoms with E-state index in [1.54, 1.807) is 40.3 Å². The van der Waals surface area contributed by atoms with E-state index in [0.717, 1.165) is 11.1 Å². The average Bonchev–Trinajstić information content (AvgIpc) is 3.55. The van der Waals surface area contributed by atoms with Crippen LogP contribution in [0.4, 0.5) is 11.4 Å². The van der Waals surface area contributed by atoms with Crippen LogP contribution in [0.2, 0.25) is 0 Å². The van der Waals surface area contributed by atoms with Gasteiger partial charge in [-0.1, -0.05) is 24.3 Å². The number of aliphatic hydroxyl groups is 1. The third-order valence-corrected chi connectivity index (χ3v) is 8.78. The Balaban J connectivity index is 1.16. The molecule has 0 radical (unpaired) electrons. The van der Waals surface area contributed by atoms with Gasteiger partial charge in [0.25, 0.3) is 11.8 Å². The maximum absolute atomic E-state index is 13.6. The van der Waals surface area contributed by atoms with Crippen molar-refractivity contribution in [2.75, 3.05) is 45.4 Å². The van der Waals surface area contributed by atoms with Gasteiger partial charge in [-0.2, -0.15) is 0 Å². The molecule has 45 heavy (non-hydrogen) atoms. The van der Waals surface area contributed by atoms with E-state index >= 15 is 0 Å². The van der Waals surface area contributed by atoms with Crippen LogP contribution in [0.25, 0.3) is 0 Å². The molecule has 0 bridgehead atoms. The predicted molar refractivity (Wildman–Crippen MR) is 171 cm³/mol. The van der Waals surface area contributed by atoms with Gasteiger partial charge in [-0.3, -0.25) is 14.6 Å². The lowest BCUT2D eigenvalue weighted by Gasteiger charge is -2.36. The Bertz CT molecular complexity index is 1580. The highest BCUT2D eigenvalue weighted by atomic mass is 16.5. The summed E-state index contributed by atoms with van der Waals surface area (Å²) >= 11 is 0.